The van der Waals surface area contributed by atoms with Crippen LogP contribution in [-0.4, -0.2) is 30.8 Å². The number of carbonyl (C=O) groups excluding carboxylic acids is 1. The van der Waals surface area contributed by atoms with E-state index in [1.807, 2.05) is 13.8 Å². The van der Waals surface area contributed by atoms with Crippen molar-refractivity contribution in [2.45, 2.75) is 51.2 Å². The smallest absolute Gasteiger partial charge is 0.319 e. The Hall–Kier alpha value is -0.250. The highest BCUT2D eigenvalue weighted by Gasteiger charge is 2.22. The van der Waals surface area contributed by atoms with E-state index in [9.17, 15) is 9.18 Å². The highest BCUT2D eigenvalue weighted by molar-refractivity contribution is 8.00. The Balaban J connectivity index is 3.58. The van der Waals surface area contributed by atoms with Crippen LogP contribution in [0.25, 0.3) is 0 Å². The number of hydrogen-bond donors (Lipinski definition) is 0. The van der Waals surface area contributed by atoms with Crippen molar-refractivity contribution in [1.82, 2.24) is 0 Å². The van der Waals surface area contributed by atoms with Gasteiger partial charge in [0.1, 0.15) is 5.25 Å². The van der Waals surface area contributed by atoms with E-state index >= 15 is 0 Å². The van der Waals surface area contributed by atoms with Crippen LogP contribution in [0.4, 0.5) is 4.39 Å². The summed E-state index contributed by atoms with van der Waals surface area (Å²) >= 11 is 1.68. The number of hydrogen-bond acceptors (Lipinski definition) is 3. The number of halogens is 1. The summed E-state index contributed by atoms with van der Waals surface area (Å²) in [6.45, 7) is 3.87. The molecule has 1 atom stereocenters. The van der Waals surface area contributed by atoms with Crippen LogP contribution in [0.5, 0.6) is 0 Å². The zero-order valence-corrected chi connectivity index (χ0v) is 12.0. The molecule has 0 aliphatic heterocycles. The second-order valence-electron chi connectivity index (χ2n) is 4.52. The van der Waals surface area contributed by atoms with Crippen LogP contribution in [0, 0.1) is 5.92 Å². The molecule has 0 N–H and O–H groups in total. The van der Waals surface area contributed by atoms with Gasteiger partial charge in [0.05, 0.1) is 13.8 Å². The molecule has 17 heavy (non-hydrogen) atoms. The van der Waals surface area contributed by atoms with Crippen molar-refractivity contribution in [2.24, 2.45) is 5.92 Å². The van der Waals surface area contributed by atoms with Crippen molar-refractivity contribution in [3.8, 4) is 0 Å². The molecule has 0 bridgehead atoms. The number of thioether (sulfide) groups is 1. The van der Waals surface area contributed by atoms with Gasteiger partial charge >= 0.3 is 5.97 Å². The van der Waals surface area contributed by atoms with E-state index in [0.29, 0.717) is 12.3 Å². The lowest BCUT2D eigenvalue weighted by molar-refractivity contribution is -0.140. The highest BCUT2D eigenvalue weighted by atomic mass is 32.2. The van der Waals surface area contributed by atoms with Gasteiger partial charge in [0.25, 0.3) is 0 Å². The second kappa shape index (κ2) is 10.9. The zero-order chi connectivity index (χ0) is 13.1. The van der Waals surface area contributed by atoms with Gasteiger partial charge in [-0.3, -0.25) is 9.18 Å². The van der Waals surface area contributed by atoms with Crippen molar-refractivity contribution in [3.63, 3.8) is 0 Å². The van der Waals surface area contributed by atoms with E-state index in [0.717, 1.165) is 31.4 Å². The van der Waals surface area contributed by atoms with Crippen molar-refractivity contribution < 1.29 is 13.9 Å². The fourth-order valence-electron chi connectivity index (χ4n) is 1.59. The molecule has 4 heteroatoms. The first-order valence-corrected chi connectivity index (χ1v) is 7.43. The molecule has 0 aromatic rings. The summed E-state index contributed by atoms with van der Waals surface area (Å²) in [6.07, 6.45) is 4.97. The summed E-state index contributed by atoms with van der Waals surface area (Å²) < 4.78 is 16.6. The molecule has 0 fully saturated rings. The Kier molecular flexibility index (Phi) is 10.7. The second-order valence-corrected chi connectivity index (χ2v) is 5.76. The monoisotopic (exact) mass is 264 g/mol. The van der Waals surface area contributed by atoms with Crippen LogP contribution in [0.1, 0.15) is 46.0 Å². The van der Waals surface area contributed by atoms with Crippen molar-refractivity contribution in [2.75, 3.05) is 19.5 Å². The number of carbonyl (C=O) groups is 1. The highest BCUT2D eigenvalue weighted by Crippen LogP contribution is 2.22. The Bertz CT molecular complexity index is 198. The van der Waals surface area contributed by atoms with Gasteiger partial charge < -0.3 is 4.74 Å². The van der Waals surface area contributed by atoms with Gasteiger partial charge in [0.15, 0.2) is 0 Å². The van der Waals surface area contributed by atoms with E-state index in [1.54, 1.807) is 11.8 Å². The fourth-order valence-corrected chi connectivity index (χ4v) is 2.83. The van der Waals surface area contributed by atoms with E-state index in [4.69, 9.17) is 4.74 Å². The van der Waals surface area contributed by atoms with Crippen LogP contribution in [0.3, 0.4) is 0 Å². The first kappa shape index (κ1) is 16.8. The van der Waals surface area contributed by atoms with Crippen molar-refractivity contribution >= 4 is 17.7 Å². The lowest BCUT2D eigenvalue weighted by Gasteiger charge is -2.17. The molecule has 0 rings (SSSR count). The fraction of sp³-hybridized carbons (Fsp3) is 0.923. The third-order valence-corrected chi connectivity index (χ3v) is 4.23. The number of unbranched alkanes of at least 4 members (excludes halogenated alkanes) is 4. The largest absolute Gasteiger partial charge is 0.468 e. The van der Waals surface area contributed by atoms with Crippen LogP contribution >= 0.6 is 11.8 Å². The Labute approximate surface area is 109 Å². The van der Waals surface area contributed by atoms with E-state index in [1.165, 1.54) is 7.11 Å². The van der Waals surface area contributed by atoms with Gasteiger partial charge in [0, 0.05) is 0 Å². The van der Waals surface area contributed by atoms with Crippen LogP contribution in [-0.2, 0) is 9.53 Å². The van der Waals surface area contributed by atoms with Gasteiger partial charge in [-0.15, -0.1) is 11.8 Å². The summed E-state index contributed by atoms with van der Waals surface area (Å²) in [7, 11) is 1.44. The number of methoxy groups -OCH3 is 1. The first-order chi connectivity index (χ1) is 8.13. The normalized spacial score (nSPS) is 12.8. The summed E-state index contributed by atoms with van der Waals surface area (Å²) in [6, 6.07) is 0. The van der Waals surface area contributed by atoms with Crippen LogP contribution < -0.4 is 0 Å². The molecule has 0 saturated carbocycles. The summed E-state index contributed by atoms with van der Waals surface area (Å²) in [5, 5.41) is -0.0501. The van der Waals surface area contributed by atoms with Gasteiger partial charge in [-0.25, -0.2) is 0 Å². The average molecular weight is 264 g/mol. The molecule has 0 aliphatic rings. The van der Waals surface area contributed by atoms with Gasteiger partial charge in [-0.2, -0.15) is 0 Å². The molecule has 1 unspecified atom stereocenters. The van der Waals surface area contributed by atoms with Crippen LogP contribution in [0.2, 0.25) is 0 Å². The molecule has 0 radical (unpaired) electrons. The maximum absolute atomic E-state index is 11.8. The molecule has 0 heterocycles. The molecule has 0 spiro atoms. The number of alkyl halides is 1. The molecule has 0 amide bonds. The predicted molar refractivity (Wildman–Crippen MR) is 72.2 cm³/mol. The molecule has 2 nitrogen and oxygen atoms in total. The third-order valence-electron chi connectivity index (χ3n) is 2.61. The number of ether oxygens (including phenoxy) is 1. The SMILES string of the molecule is COC(=O)C(SCCCCCCCF)C(C)C. The van der Waals surface area contributed by atoms with Crippen LogP contribution in [0.15, 0.2) is 0 Å². The molecule has 0 aromatic heterocycles. The molecular weight excluding hydrogens is 239 g/mol. The first-order valence-electron chi connectivity index (χ1n) is 6.38. The molecule has 0 aromatic carbocycles. The van der Waals surface area contributed by atoms with Crippen molar-refractivity contribution in [1.29, 1.82) is 0 Å². The van der Waals surface area contributed by atoms with Crippen molar-refractivity contribution in [3.05, 3.63) is 0 Å². The number of rotatable bonds is 10. The minimum absolute atomic E-state index is 0.0501. The average Bonchev–Trinajstić information content (AvgIpc) is 2.31. The van der Waals surface area contributed by atoms with Gasteiger partial charge in [-0.05, 0) is 24.5 Å². The zero-order valence-electron chi connectivity index (χ0n) is 11.2. The lowest BCUT2D eigenvalue weighted by Crippen LogP contribution is -2.24. The molecule has 102 valence electrons. The topological polar surface area (TPSA) is 26.3 Å². The molecular formula is C13H25FO2S. The van der Waals surface area contributed by atoms with E-state index < -0.39 is 0 Å². The van der Waals surface area contributed by atoms with Gasteiger partial charge in [0.2, 0.25) is 0 Å². The lowest BCUT2D eigenvalue weighted by atomic mass is 10.1. The maximum Gasteiger partial charge on any atom is 0.319 e. The minimum Gasteiger partial charge on any atom is -0.468 e. The Morgan fingerprint density at radius 2 is 1.76 bits per heavy atom. The Morgan fingerprint density at radius 3 is 2.29 bits per heavy atom. The van der Waals surface area contributed by atoms with E-state index in [-0.39, 0.29) is 17.9 Å². The standard InChI is InChI=1S/C13H25FO2S/c1-11(2)12(13(15)16-3)17-10-8-6-4-5-7-9-14/h11-12H,4-10H2,1-3H3. The summed E-state index contributed by atoms with van der Waals surface area (Å²) in [5.41, 5.74) is 0. The van der Waals surface area contributed by atoms with Gasteiger partial charge in [-0.1, -0.05) is 33.1 Å². The van der Waals surface area contributed by atoms with E-state index in [2.05, 4.69) is 0 Å². The maximum atomic E-state index is 11.8. The summed E-state index contributed by atoms with van der Waals surface area (Å²) in [5.74, 6) is 1.16. The predicted octanol–water partition coefficient (Wildman–Crippen LogP) is 3.84. The third kappa shape index (κ3) is 8.47. The summed E-state index contributed by atoms with van der Waals surface area (Å²) in [4.78, 5) is 11.5. The quantitative estimate of drug-likeness (QED) is 0.443. The number of esters is 1. The Morgan fingerprint density at radius 1 is 1.18 bits per heavy atom. The molecule has 0 saturated heterocycles. The molecule has 0 aliphatic carbocycles. The minimum atomic E-state index is -0.202.